The molecule has 0 spiro atoms. The van der Waals surface area contributed by atoms with Gasteiger partial charge in [-0.3, -0.25) is 4.79 Å². The van der Waals surface area contributed by atoms with Crippen LogP contribution in [0.1, 0.15) is 24.0 Å². The number of carbonyl (C=O) groups excluding carboxylic acids is 1. The standard InChI is InChI=1S/C20H20Cl3NO2/c21-15-3-1-14(2-4-15)7-10-24-19(25)20(8-11-26-12-9-20)17-6-5-16(22)13-18(17)23/h1-6,13H,7-12H2,(H,24,25). The fourth-order valence-corrected chi connectivity index (χ4v) is 4.07. The van der Waals surface area contributed by atoms with Crippen LogP contribution in [0.5, 0.6) is 0 Å². The Morgan fingerprint density at radius 1 is 1.00 bits per heavy atom. The van der Waals surface area contributed by atoms with Crippen LogP contribution < -0.4 is 5.32 Å². The first kappa shape index (κ1) is 19.5. The summed E-state index contributed by atoms with van der Waals surface area (Å²) in [4.78, 5) is 13.1. The number of hydrogen-bond donors (Lipinski definition) is 1. The van der Waals surface area contributed by atoms with Crippen LogP contribution in [0.4, 0.5) is 0 Å². The Labute approximate surface area is 168 Å². The molecule has 3 nitrogen and oxygen atoms in total. The summed E-state index contributed by atoms with van der Waals surface area (Å²) in [5.74, 6) is -0.0148. The van der Waals surface area contributed by atoms with E-state index < -0.39 is 5.41 Å². The lowest BCUT2D eigenvalue weighted by Gasteiger charge is -2.37. The number of benzene rings is 2. The molecule has 1 N–H and O–H groups in total. The second kappa shape index (κ2) is 8.62. The molecule has 2 aromatic carbocycles. The highest BCUT2D eigenvalue weighted by molar-refractivity contribution is 6.35. The molecule has 6 heteroatoms. The van der Waals surface area contributed by atoms with Gasteiger partial charge in [0.05, 0.1) is 5.41 Å². The van der Waals surface area contributed by atoms with E-state index in [1.807, 2.05) is 30.3 Å². The van der Waals surface area contributed by atoms with Crippen molar-refractivity contribution >= 4 is 40.7 Å². The van der Waals surface area contributed by atoms with Crippen LogP contribution in [0, 0.1) is 0 Å². The van der Waals surface area contributed by atoms with E-state index in [0.717, 1.165) is 17.5 Å². The molecule has 138 valence electrons. The van der Waals surface area contributed by atoms with Crippen molar-refractivity contribution in [1.82, 2.24) is 5.32 Å². The Bertz CT molecular complexity index is 771. The number of carbonyl (C=O) groups is 1. The van der Waals surface area contributed by atoms with Gasteiger partial charge in [0.15, 0.2) is 0 Å². The van der Waals surface area contributed by atoms with Crippen molar-refractivity contribution in [2.24, 2.45) is 0 Å². The average molecular weight is 413 g/mol. The molecule has 3 rings (SSSR count). The van der Waals surface area contributed by atoms with Gasteiger partial charge in [-0.15, -0.1) is 0 Å². The maximum absolute atomic E-state index is 13.1. The molecule has 1 saturated heterocycles. The summed E-state index contributed by atoms with van der Waals surface area (Å²) < 4.78 is 5.48. The van der Waals surface area contributed by atoms with E-state index in [1.165, 1.54) is 0 Å². The summed E-state index contributed by atoms with van der Waals surface area (Å²) in [5.41, 5.74) is 1.26. The van der Waals surface area contributed by atoms with Crippen molar-refractivity contribution < 1.29 is 9.53 Å². The highest BCUT2D eigenvalue weighted by Crippen LogP contribution is 2.39. The van der Waals surface area contributed by atoms with Gasteiger partial charge in [0.1, 0.15) is 0 Å². The lowest BCUT2D eigenvalue weighted by atomic mass is 9.73. The number of amides is 1. The zero-order chi connectivity index (χ0) is 18.6. The molecule has 1 heterocycles. The summed E-state index contributed by atoms with van der Waals surface area (Å²) in [7, 11) is 0. The first-order valence-corrected chi connectivity index (χ1v) is 9.71. The Hall–Kier alpha value is -1.26. The summed E-state index contributed by atoms with van der Waals surface area (Å²) in [6.07, 6.45) is 1.94. The van der Waals surface area contributed by atoms with Gasteiger partial charge in [-0.1, -0.05) is 53.0 Å². The molecule has 0 radical (unpaired) electrons. The van der Waals surface area contributed by atoms with Gasteiger partial charge in [-0.2, -0.15) is 0 Å². The predicted molar refractivity (Wildman–Crippen MR) is 106 cm³/mol. The average Bonchev–Trinajstić information content (AvgIpc) is 2.64. The zero-order valence-electron chi connectivity index (χ0n) is 14.2. The molecular formula is C20H20Cl3NO2. The summed E-state index contributed by atoms with van der Waals surface area (Å²) in [6, 6.07) is 13.0. The van der Waals surface area contributed by atoms with Crippen molar-refractivity contribution in [3.8, 4) is 0 Å². The fourth-order valence-electron chi connectivity index (χ4n) is 3.36. The number of nitrogens with one attached hydrogen (secondary N) is 1. The molecule has 0 aromatic heterocycles. The number of halogens is 3. The number of ether oxygens (including phenoxy) is 1. The van der Waals surface area contributed by atoms with E-state index in [1.54, 1.807) is 12.1 Å². The first-order chi connectivity index (χ1) is 12.5. The largest absolute Gasteiger partial charge is 0.381 e. The lowest BCUT2D eigenvalue weighted by Crippen LogP contribution is -2.48. The predicted octanol–water partition coefficient (Wildman–Crippen LogP) is 5.05. The second-order valence-electron chi connectivity index (χ2n) is 6.45. The van der Waals surface area contributed by atoms with Crippen LogP contribution >= 0.6 is 34.8 Å². The van der Waals surface area contributed by atoms with Crippen LogP contribution in [-0.4, -0.2) is 25.7 Å². The molecule has 2 aromatic rings. The van der Waals surface area contributed by atoms with Gasteiger partial charge in [-0.05, 0) is 54.7 Å². The molecule has 0 saturated carbocycles. The van der Waals surface area contributed by atoms with E-state index in [4.69, 9.17) is 39.5 Å². The molecule has 1 fully saturated rings. The minimum atomic E-state index is -0.681. The van der Waals surface area contributed by atoms with Gasteiger partial charge in [0.2, 0.25) is 5.91 Å². The topological polar surface area (TPSA) is 38.3 Å². The zero-order valence-corrected chi connectivity index (χ0v) is 16.5. The van der Waals surface area contributed by atoms with Crippen molar-refractivity contribution in [3.05, 3.63) is 68.7 Å². The maximum atomic E-state index is 13.1. The Kier molecular flexibility index (Phi) is 6.46. The molecule has 1 aliphatic heterocycles. The fraction of sp³-hybridized carbons (Fsp3) is 0.350. The summed E-state index contributed by atoms with van der Waals surface area (Å²) >= 11 is 18.4. The lowest BCUT2D eigenvalue weighted by molar-refractivity contribution is -0.130. The molecule has 1 amide bonds. The molecule has 26 heavy (non-hydrogen) atoms. The molecule has 0 aliphatic carbocycles. The quantitative estimate of drug-likeness (QED) is 0.746. The number of hydrogen-bond acceptors (Lipinski definition) is 2. The molecule has 0 unspecified atom stereocenters. The first-order valence-electron chi connectivity index (χ1n) is 8.57. The van der Waals surface area contributed by atoms with Crippen LogP contribution in [0.3, 0.4) is 0 Å². The monoisotopic (exact) mass is 411 g/mol. The van der Waals surface area contributed by atoms with Gasteiger partial charge in [-0.25, -0.2) is 0 Å². The van der Waals surface area contributed by atoms with Gasteiger partial charge >= 0.3 is 0 Å². The smallest absolute Gasteiger partial charge is 0.230 e. The maximum Gasteiger partial charge on any atom is 0.230 e. The van der Waals surface area contributed by atoms with Crippen molar-refractivity contribution in [2.45, 2.75) is 24.7 Å². The van der Waals surface area contributed by atoms with E-state index >= 15 is 0 Å². The summed E-state index contributed by atoms with van der Waals surface area (Å²) in [5, 5.41) is 4.86. The number of rotatable bonds is 5. The summed E-state index contributed by atoms with van der Waals surface area (Å²) in [6.45, 7) is 1.61. The van der Waals surface area contributed by atoms with Crippen LogP contribution in [-0.2, 0) is 21.4 Å². The molecule has 0 bridgehead atoms. The van der Waals surface area contributed by atoms with Gasteiger partial charge in [0.25, 0.3) is 0 Å². The Balaban J connectivity index is 1.74. The van der Waals surface area contributed by atoms with E-state index in [2.05, 4.69) is 5.32 Å². The van der Waals surface area contributed by atoms with Crippen molar-refractivity contribution in [1.29, 1.82) is 0 Å². The van der Waals surface area contributed by atoms with E-state index in [0.29, 0.717) is 47.7 Å². The van der Waals surface area contributed by atoms with Crippen molar-refractivity contribution in [3.63, 3.8) is 0 Å². The normalized spacial score (nSPS) is 16.3. The van der Waals surface area contributed by atoms with Crippen LogP contribution in [0.2, 0.25) is 15.1 Å². The molecular weight excluding hydrogens is 393 g/mol. The third kappa shape index (κ3) is 4.34. The minimum Gasteiger partial charge on any atom is -0.381 e. The molecule has 0 atom stereocenters. The minimum absolute atomic E-state index is 0.0148. The van der Waals surface area contributed by atoms with Crippen molar-refractivity contribution in [2.75, 3.05) is 19.8 Å². The SMILES string of the molecule is O=C(NCCc1ccc(Cl)cc1)C1(c2ccc(Cl)cc2Cl)CCOCC1. The third-order valence-corrected chi connectivity index (χ3v) is 5.64. The highest BCUT2D eigenvalue weighted by atomic mass is 35.5. The molecule has 1 aliphatic rings. The third-order valence-electron chi connectivity index (χ3n) is 4.84. The highest BCUT2D eigenvalue weighted by Gasteiger charge is 2.42. The van der Waals surface area contributed by atoms with Crippen LogP contribution in [0.15, 0.2) is 42.5 Å². The Morgan fingerprint density at radius 3 is 2.31 bits per heavy atom. The van der Waals surface area contributed by atoms with E-state index in [-0.39, 0.29) is 5.91 Å². The second-order valence-corrected chi connectivity index (χ2v) is 7.73. The van der Waals surface area contributed by atoms with E-state index in [9.17, 15) is 4.79 Å². The van der Waals surface area contributed by atoms with Gasteiger partial charge in [0, 0.05) is 34.8 Å². The Morgan fingerprint density at radius 2 is 1.65 bits per heavy atom. The van der Waals surface area contributed by atoms with Crippen LogP contribution in [0.25, 0.3) is 0 Å². The van der Waals surface area contributed by atoms with Gasteiger partial charge < -0.3 is 10.1 Å².